The molecular weight excluding hydrogens is 216 g/mol. The Balaban J connectivity index is 2.66. The van der Waals surface area contributed by atoms with Crippen LogP contribution in [0, 0.1) is 0 Å². The highest BCUT2D eigenvalue weighted by molar-refractivity contribution is 5.81. The summed E-state index contributed by atoms with van der Waals surface area (Å²) in [5, 5.41) is 9.48. The van der Waals surface area contributed by atoms with Gasteiger partial charge in [0.15, 0.2) is 5.60 Å². The molecule has 92 valence electrons. The Bertz CT molecular complexity index is 451. The summed E-state index contributed by atoms with van der Waals surface area (Å²) < 4.78 is 5.36. The van der Waals surface area contributed by atoms with Gasteiger partial charge in [0.05, 0.1) is 0 Å². The molecule has 0 saturated carbocycles. The van der Waals surface area contributed by atoms with Crippen LogP contribution in [0.2, 0.25) is 0 Å². The van der Waals surface area contributed by atoms with Crippen LogP contribution in [-0.2, 0) is 20.5 Å². The van der Waals surface area contributed by atoms with Crippen molar-refractivity contribution in [1.82, 2.24) is 0 Å². The lowest BCUT2D eigenvalue weighted by molar-refractivity contribution is -0.166. The first-order chi connectivity index (χ1) is 7.94. The Morgan fingerprint density at radius 2 is 1.82 bits per heavy atom. The van der Waals surface area contributed by atoms with Crippen molar-refractivity contribution in [1.29, 1.82) is 0 Å². The smallest absolute Gasteiger partial charge is 0.340 e. The Kier molecular flexibility index (Phi) is 2.74. The molecule has 1 unspecified atom stereocenters. The SMILES string of the molecule is COC1(C(=O)O)CCC(C)(C)c2ccccc21. The van der Waals surface area contributed by atoms with Crippen LogP contribution < -0.4 is 0 Å². The number of methoxy groups -OCH3 is 1. The van der Waals surface area contributed by atoms with Gasteiger partial charge in [0.25, 0.3) is 0 Å². The Hall–Kier alpha value is -1.35. The van der Waals surface area contributed by atoms with Crippen LogP contribution in [0.25, 0.3) is 0 Å². The van der Waals surface area contributed by atoms with Crippen molar-refractivity contribution in [3.63, 3.8) is 0 Å². The number of carboxylic acids is 1. The molecule has 0 aromatic heterocycles. The van der Waals surface area contributed by atoms with Crippen molar-refractivity contribution in [2.24, 2.45) is 0 Å². The molecule has 0 radical (unpaired) electrons. The van der Waals surface area contributed by atoms with E-state index in [2.05, 4.69) is 13.8 Å². The third-order valence-electron chi connectivity index (χ3n) is 3.89. The van der Waals surface area contributed by atoms with Crippen molar-refractivity contribution >= 4 is 5.97 Å². The molecular formula is C14H18O3. The summed E-state index contributed by atoms with van der Waals surface area (Å²) in [5.41, 5.74) is 0.710. The maximum atomic E-state index is 11.6. The molecule has 1 aliphatic carbocycles. The van der Waals surface area contributed by atoms with Gasteiger partial charge in [0.1, 0.15) is 0 Å². The van der Waals surface area contributed by atoms with Crippen LogP contribution in [0.4, 0.5) is 0 Å². The number of rotatable bonds is 2. The first-order valence-corrected chi connectivity index (χ1v) is 5.82. The Morgan fingerprint density at radius 1 is 1.24 bits per heavy atom. The van der Waals surface area contributed by atoms with Crippen molar-refractivity contribution < 1.29 is 14.6 Å². The van der Waals surface area contributed by atoms with Gasteiger partial charge < -0.3 is 9.84 Å². The van der Waals surface area contributed by atoms with Crippen LogP contribution in [0.5, 0.6) is 0 Å². The van der Waals surface area contributed by atoms with Crippen molar-refractivity contribution in [3.05, 3.63) is 35.4 Å². The van der Waals surface area contributed by atoms with E-state index in [9.17, 15) is 9.90 Å². The second kappa shape index (κ2) is 3.84. The Morgan fingerprint density at radius 3 is 2.35 bits per heavy atom. The van der Waals surface area contributed by atoms with Gasteiger partial charge in [-0.2, -0.15) is 0 Å². The highest BCUT2D eigenvalue weighted by Crippen LogP contribution is 2.46. The number of fused-ring (bicyclic) bond motifs is 1. The average molecular weight is 234 g/mol. The maximum Gasteiger partial charge on any atom is 0.340 e. The van der Waals surface area contributed by atoms with Crippen LogP contribution in [-0.4, -0.2) is 18.2 Å². The number of hydrogen-bond donors (Lipinski definition) is 1. The molecule has 3 nitrogen and oxygen atoms in total. The van der Waals surface area contributed by atoms with E-state index in [0.717, 1.165) is 17.5 Å². The molecule has 0 amide bonds. The predicted octanol–water partition coefficient (Wildman–Crippen LogP) is 2.68. The summed E-state index contributed by atoms with van der Waals surface area (Å²) in [7, 11) is 1.48. The molecule has 1 N–H and O–H groups in total. The lowest BCUT2D eigenvalue weighted by Gasteiger charge is -2.41. The number of carbonyl (C=O) groups is 1. The van der Waals surface area contributed by atoms with E-state index in [1.54, 1.807) is 0 Å². The largest absolute Gasteiger partial charge is 0.479 e. The van der Waals surface area contributed by atoms with Gasteiger partial charge in [-0.15, -0.1) is 0 Å². The first kappa shape index (κ1) is 12.1. The van der Waals surface area contributed by atoms with Gasteiger partial charge >= 0.3 is 5.97 Å². The van der Waals surface area contributed by atoms with Gasteiger partial charge in [-0.25, -0.2) is 4.79 Å². The average Bonchev–Trinajstić information content (AvgIpc) is 2.30. The summed E-state index contributed by atoms with van der Waals surface area (Å²) in [6.45, 7) is 4.29. The van der Waals surface area contributed by atoms with E-state index in [4.69, 9.17) is 4.74 Å². The number of carboxylic acid groups (broad SMARTS) is 1. The normalized spacial score (nSPS) is 26.3. The molecule has 2 rings (SSSR count). The van der Waals surface area contributed by atoms with E-state index < -0.39 is 11.6 Å². The molecule has 0 aliphatic heterocycles. The molecule has 1 aromatic carbocycles. The number of benzene rings is 1. The predicted molar refractivity (Wildman–Crippen MR) is 65.0 cm³/mol. The van der Waals surface area contributed by atoms with Crippen LogP contribution in [0.1, 0.15) is 37.8 Å². The second-order valence-corrected chi connectivity index (χ2v) is 5.27. The van der Waals surface area contributed by atoms with E-state index >= 15 is 0 Å². The van der Waals surface area contributed by atoms with Gasteiger partial charge in [0.2, 0.25) is 0 Å². The zero-order valence-electron chi connectivity index (χ0n) is 10.5. The lowest BCUT2D eigenvalue weighted by Crippen LogP contribution is -2.44. The zero-order chi connectivity index (χ0) is 12.7. The third kappa shape index (κ3) is 1.65. The molecule has 17 heavy (non-hydrogen) atoms. The molecule has 3 heteroatoms. The quantitative estimate of drug-likeness (QED) is 0.855. The Labute approximate surface area is 101 Å². The molecule has 0 saturated heterocycles. The van der Waals surface area contributed by atoms with E-state index in [0.29, 0.717) is 6.42 Å². The van der Waals surface area contributed by atoms with Crippen molar-refractivity contribution in [3.8, 4) is 0 Å². The monoisotopic (exact) mass is 234 g/mol. The fourth-order valence-corrected chi connectivity index (χ4v) is 2.70. The highest BCUT2D eigenvalue weighted by atomic mass is 16.5. The first-order valence-electron chi connectivity index (χ1n) is 5.82. The molecule has 0 spiro atoms. The number of ether oxygens (including phenoxy) is 1. The van der Waals surface area contributed by atoms with Crippen LogP contribution in [0.15, 0.2) is 24.3 Å². The summed E-state index contributed by atoms with van der Waals surface area (Å²) in [6, 6.07) is 7.70. The van der Waals surface area contributed by atoms with Crippen LogP contribution in [0.3, 0.4) is 0 Å². The fourth-order valence-electron chi connectivity index (χ4n) is 2.70. The number of hydrogen-bond acceptors (Lipinski definition) is 2. The van der Waals surface area contributed by atoms with Gasteiger partial charge in [-0.1, -0.05) is 38.1 Å². The van der Waals surface area contributed by atoms with Crippen molar-refractivity contribution in [2.75, 3.05) is 7.11 Å². The van der Waals surface area contributed by atoms with Crippen molar-refractivity contribution in [2.45, 2.75) is 37.7 Å². The van der Waals surface area contributed by atoms with E-state index in [1.807, 2.05) is 24.3 Å². The summed E-state index contributed by atoms with van der Waals surface area (Å²) in [4.78, 5) is 11.6. The van der Waals surface area contributed by atoms with E-state index in [-0.39, 0.29) is 5.41 Å². The highest BCUT2D eigenvalue weighted by Gasteiger charge is 2.48. The standard InChI is InChI=1S/C14H18O3/c1-13(2)8-9-14(17-3,12(15)16)11-7-5-4-6-10(11)13/h4-7H,8-9H2,1-3H3,(H,15,16). The van der Waals surface area contributed by atoms with Gasteiger partial charge in [0, 0.05) is 7.11 Å². The zero-order valence-corrected chi connectivity index (χ0v) is 10.5. The minimum Gasteiger partial charge on any atom is -0.479 e. The summed E-state index contributed by atoms with van der Waals surface area (Å²) >= 11 is 0. The fraction of sp³-hybridized carbons (Fsp3) is 0.500. The minimum atomic E-state index is -1.17. The second-order valence-electron chi connectivity index (χ2n) is 5.27. The molecule has 1 atom stereocenters. The third-order valence-corrected chi connectivity index (χ3v) is 3.89. The lowest BCUT2D eigenvalue weighted by atomic mass is 9.67. The van der Waals surface area contributed by atoms with Crippen LogP contribution >= 0.6 is 0 Å². The topological polar surface area (TPSA) is 46.5 Å². The molecule has 0 fully saturated rings. The minimum absolute atomic E-state index is 0.00801. The summed E-state index contributed by atoms with van der Waals surface area (Å²) in [6.07, 6.45) is 1.33. The van der Waals surface area contributed by atoms with E-state index in [1.165, 1.54) is 7.11 Å². The molecule has 0 bridgehead atoms. The van der Waals surface area contributed by atoms with Gasteiger partial charge in [-0.05, 0) is 29.4 Å². The summed E-state index contributed by atoms with van der Waals surface area (Å²) in [5.74, 6) is -0.900. The molecule has 1 aromatic rings. The molecule has 1 aliphatic rings. The van der Waals surface area contributed by atoms with Gasteiger partial charge in [-0.3, -0.25) is 0 Å². The molecule has 0 heterocycles. The maximum absolute atomic E-state index is 11.6. The number of aliphatic carboxylic acids is 1.